The predicted molar refractivity (Wildman–Crippen MR) is 94.1 cm³/mol. The molecule has 2 aliphatic carbocycles. The zero-order valence-electron chi connectivity index (χ0n) is 15.1. The summed E-state index contributed by atoms with van der Waals surface area (Å²) in [5.41, 5.74) is 6.09. The van der Waals surface area contributed by atoms with Crippen LogP contribution in [0.4, 0.5) is 0 Å². The molecule has 22 heavy (non-hydrogen) atoms. The molecule has 2 aromatic rings. The Balaban J connectivity index is 0.00000104. The third kappa shape index (κ3) is 2.18. The number of fused-ring (bicyclic) bond motifs is 3. The van der Waals surface area contributed by atoms with Crippen molar-refractivity contribution in [1.82, 2.24) is 0 Å². The van der Waals surface area contributed by atoms with Crippen molar-refractivity contribution in [2.24, 2.45) is 0 Å². The van der Waals surface area contributed by atoms with Gasteiger partial charge in [0, 0.05) is 0 Å². The van der Waals surface area contributed by atoms with Crippen molar-refractivity contribution in [3.05, 3.63) is 81.2 Å². The van der Waals surface area contributed by atoms with E-state index < -0.39 is 21.3 Å². The van der Waals surface area contributed by atoms with Gasteiger partial charge in [-0.3, -0.25) is 0 Å². The first kappa shape index (κ1) is 14.3. The second-order valence-electron chi connectivity index (χ2n) is 6.35. The molecule has 0 N–H and O–H groups in total. The van der Waals surface area contributed by atoms with Gasteiger partial charge in [0.2, 0.25) is 0 Å². The third-order valence-corrected chi connectivity index (χ3v) is 13.0. The Morgan fingerprint density at radius 3 is 2.05 bits per heavy atom. The molecule has 0 amide bonds. The number of hydrogen-bond donors (Lipinski definition) is 0. The molecule has 0 heterocycles. The fourth-order valence-electron chi connectivity index (χ4n) is 3.91. The van der Waals surface area contributed by atoms with Crippen molar-refractivity contribution in [2.45, 2.75) is 23.9 Å². The minimum Gasteiger partial charge on any atom is -1.00 e. The van der Waals surface area contributed by atoms with Crippen molar-refractivity contribution >= 4 is 3.21 Å². The summed E-state index contributed by atoms with van der Waals surface area (Å²) in [5, 5.41) is 0. The first-order valence-electron chi connectivity index (χ1n) is 7.99. The van der Waals surface area contributed by atoms with E-state index in [1.165, 1.54) is 17.5 Å². The molecular formula is C21H22Zr. The van der Waals surface area contributed by atoms with Crippen molar-refractivity contribution in [2.75, 3.05) is 0 Å². The molecule has 0 unspecified atom stereocenters. The fourth-order valence-corrected chi connectivity index (χ4v) is 12.1. The summed E-state index contributed by atoms with van der Waals surface area (Å²) in [6, 6.07) is 18.1. The van der Waals surface area contributed by atoms with Crippen LogP contribution in [0, 0.1) is 0 Å². The van der Waals surface area contributed by atoms with Crippen LogP contribution in [-0.2, 0) is 21.3 Å². The van der Waals surface area contributed by atoms with E-state index in [1.807, 2.05) is 0 Å². The molecule has 2 aliphatic rings. The Hall–Kier alpha value is -1.33. The molecule has 0 atom stereocenters. The average molecular weight is 366 g/mol. The van der Waals surface area contributed by atoms with E-state index in [-0.39, 0.29) is 2.85 Å². The number of allylic oxidation sites excluding steroid dienone is 4. The van der Waals surface area contributed by atoms with Gasteiger partial charge in [-0.15, -0.1) is 0 Å². The van der Waals surface area contributed by atoms with E-state index in [0.717, 1.165) is 0 Å². The molecule has 0 fully saturated rings. The zero-order chi connectivity index (χ0) is 15.1. The molecule has 0 spiro atoms. The fraction of sp³-hybridized carbons (Fsp3) is 0.190. The van der Waals surface area contributed by atoms with Gasteiger partial charge >= 0.3 is 141 Å². The Kier molecular flexibility index (Phi) is 3.70. The molecule has 0 nitrogen and oxygen atoms in total. The molecule has 4 rings (SSSR count). The summed E-state index contributed by atoms with van der Waals surface area (Å²) in [5.74, 6) is 0. The standard InChI is InChI=1S/C13H9.C5H5.C3H6.Zr.2H/c1-3-7-12-10(5-1)9-11-6-2-4-8-13(11)12;1-2-4-5-3-1;1-3-2;;;/h1-9H;1-3H,4H2;1-2H3;;;/q;;;+2;2*-1. The summed E-state index contributed by atoms with van der Waals surface area (Å²) in [6.07, 6.45) is 8.17. The van der Waals surface area contributed by atoms with Gasteiger partial charge in [-0.1, -0.05) is 0 Å². The average Bonchev–Trinajstić information content (AvgIpc) is 3.16. The molecule has 0 radical (unpaired) electrons. The van der Waals surface area contributed by atoms with Crippen LogP contribution in [0.15, 0.2) is 70.0 Å². The molecule has 2 aromatic carbocycles. The number of rotatable bonds is 2. The van der Waals surface area contributed by atoms with Crippen molar-refractivity contribution in [3.63, 3.8) is 0 Å². The molecule has 0 bridgehead atoms. The molecule has 0 aromatic heterocycles. The normalized spacial score (nSPS) is 15.0. The SMILES string of the molecule is C[C](C)=[Zr+2]([C]1=CC=CC1)[CH]1c2ccccc2-c2ccccc21.[H-].[H-]. The molecule has 110 valence electrons. The first-order chi connectivity index (χ1) is 10.8. The smallest absolute Gasteiger partial charge is 1.00 e. The van der Waals surface area contributed by atoms with Crippen LogP contribution in [-0.4, -0.2) is 3.21 Å². The molecule has 1 heteroatoms. The minimum absolute atomic E-state index is 0. The van der Waals surface area contributed by atoms with Crippen LogP contribution in [0.25, 0.3) is 11.1 Å². The number of benzene rings is 2. The topological polar surface area (TPSA) is 0 Å². The van der Waals surface area contributed by atoms with Gasteiger partial charge < -0.3 is 2.85 Å². The zero-order valence-corrected chi connectivity index (χ0v) is 15.6. The summed E-state index contributed by atoms with van der Waals surface area (Å²) in [6.45, 7) is 4.74. The van der Waals surface area contributed by atoms with Gasteiger partial charge in [0.25, 0.3) is 0 Å². The second kappa shape index (κ2) is 5.71. The first-order valence-corrected chi connectivity index (χ1v) is 11.9. The predicted octanol–water partition coefficient (Wildman–Crippen LogP) is 5.66. The Bertz CT molecular complexity index is 797. The molecule has 0 saturated carbocycles. The maximum absolute atomic E-state index is 2.41. The molecule has 0 saturated heterocycles. The quantitative estimate of drug-likeness (QED) is 0.644. The summed E-state index contributed by atoms with van der Waals surface area (Å²) >= 11 is -1.87. The van der Waals surface area contributed by atoms with Crippen molar-refractivity contribution < 1.29 is 24.1 Å². The van der Waals surface area contributed by atoms with E-state index in [1.54, 1.807) is 17.6 Å². The molecule has 0 aliphatic heterocycles. The van der Waals surface area contributed by atoms with E-state index in [9.17, 15) is 0 Å². The van der Waals surface area contributed by atoms with Gasteiger partial charge in [-0.05, 0) is 0 Å². The maximum atomic E-state index is 2.41. The van der Waals surface area contributed by atoms with Crippen LogP contribution in [0.3, 0.4) is 0 Å². The maximum Gasteiger partial charge on any atom is -1.00 e. The number of hydrogen-bond acceptors (Lipinski definition) is 0. The largest absolute Gasteiger partial charge is 1.00 e. The van der Waals surface area contributed by atoms with Gasteiger partial charge in [-0.25, -0.2) is 0 Å². The van der Waals surface area contributed by atoms with Crippen LogP contribution in [0.1, 0.15) is 37.9 Å². The summed E-state index contributed by atoms with van der Waals surface area (Å²) < 4.78 is 4.11. The van der Waals surface area contributed by atoms with Crippen LogP contribution >= 0.6 is 0 Å². The van der Waals surface area contributed by atoms with E-state index in [2.05, 4.69) is 80.6 Å². The Labute approximate surface area is 143 Å². The van der Waals surface area contributed by atoms with Crippen molar-refractivity contribution in [3.8, 4) is 11.1 Å². The minimum atomic E-state index is -1.87. The Morgan fingerprint density at radius 1 is 0.955 bits per heavy atom. The molecular weight excluding hydrogens is 343 g/mol. The van der Waals surface area contributed by atoms with Crippen LogP contribution in [0.5, 0.6) is 0 Å². The second-order valence-corrected chi connectivity index (χ2v) is 13.8. The van der Waals surface area contributed by atoms with Crippen LogP contribution < -0.4 is 0 Å². The Morgan fingerprint density at radius 2 is 1.55 bits per heavy atom. The van der Waals surface area contributed by atoms with Gasteiger partial charge in [-0.2, -0.15) is 0 Å². The van der Waals surface area contributed by atoms with Crippen molar-refractivity contribution in [1.29, 1.82) is 0 Å². The summed E-state index contributed by atoms with van der Waals surface area (Å²) in [4.78, 5) is 0. The van der Waals surface area contributed by atoms with Gasteiger partial charge in [0.05, 0.1) is 0 Å². The van der Waals surface area contributed by atoms with E-state index in [0.29, 0.717) is 3.63 Å². The van der Waals surface area contributed by atoms with E-state index in [4.69, 9.17) is 0 Å². The summed E-state index contributed by atoms with van der Waals surface area (Å²) in [7, 11) is 0. The van der Waals surface area contributed by atoms with E-state index >= 15 is 0 Å². The monoisotopic (exact) mass is 364 g/mol. The van der Waals surface area contributed by atoms with Gasteiger partial charge in [0.1, 0.15) is 0 Å². The third-order valence-electron chi connectivity index (χ3n) is 4.78. The van der Waals surface area contributed by atoms with Gasteiger partial charge in [0.15, 0.2) is 0 Å². The van der Waals surface area contributed by atoms with Crippen LogP contribution in [0.2, 0.25) is 0 Å².